The van der Waals surface area contributed by atoms with Crippen LogP contribution in [0.15, 0.2) is 54.6 Å². The van der Waals surface area contributed by atoms with E-state index in [1.165, 1.54) is 0 Å². The molecule has 4 aromatic rings. The molecule has 7 nitrogen and oxygen atoms in total. The van der Waals surface area contributed by atoms with E-state index in [1.807, 2.05) is 48.5 Å². The van der Waals surface area contributed by atoms with Gasteiger partial charge in [0.1, 0.15) is 6.10 Å². The van der Waals surface area contributed by atoms with Gasteiger partial charge < -0.3 is 19.2 Å². The molecule has 2 aromatic carbocycles. The first-order valence-electron chi connectivity index (χ1n) is 10.8. The van der Waals surface area contributed by atoms with Gasteiger partial charge in [0.15, 0.2) is 11.8 Å². The van der Waals surface area contributed by atoms with E-state index in [9.17, 15) is 5.26 Å². The molecule has 0 amide bonds. The van der Waals surface area contributed by atoms with Crippen molar-refractivity contribution in [3.05, 3.63) is 65.2 Å². The fourth-order valence-electron chi connectivity index (χ4n) is 4.47. The smallest absolute Gasteiger partial charge is 0.296 e. The number of nitrogens with one attached hydrogen (secondary N) is 1. The Kier molecular flexibility index (Phi) is 4.99. The maximum Gasteiger partial charge on any atom is 0.296 e. The van der Waals surface area contributed by atoms with Crippen LogP contribution in [0.3, 0.4) is 0 Å². The van der Waals surface area contributed by atoms with Crippen LogP contribution in [-0.2, 0) is 9.47 Å². The van der Waals surface area contributed by atoms with Crippen LogP contribution in [0.4, 0.5) is 0 Å². The Balaban J connectivity index is 1.28. The number of nitriles is 1. The number of rotatable bonds is 4. The molecule has 0 saturated carbocycles. The van der Waals surface area contributed by atoms with Crippen LogP contribution in [0.25, 0.3) is 33.5 Å². The van der Waals surface area contributed by atoms with E-state index >= 15 is 0 Å². The Labute approximate surface area is 194 Å². The van der Waals surface area contributed by atoms with Gasteiger partial charge >= 0.3 is 0 Å². The maximum absolute atomic E-state index is 9.37. The molecular weight excluding hydrogens is 440 g/mol. The van der Waals surface area contributed by atoms with Crippen molar-refractivity contribution in [2.75, 3.05) is 13.2 Å². The molecule has 2 aliphatic rings. The van der Waals surface area contributed by atoms with Gasteiger partial charge in [0, 0.05) is 12.2 Å². The second-order valence-electron chi connectivity index (χ2n) is 8.12. The monoisotopic (exact) mass is 458 g/mol. The molecule has 0 radical (unpaired) electrons. The van der Waals surface area contributed by atoms with E-state index < -0.39 is 0 Å². The third kappa shape index (κ3) is 3.62. The molecule has 6 rings (SSSR count). The number of hydrogen-bond acceptors (Lipinski definition) is 6. The van der Waals surface area contributed by atoms with Crippen molar-refractivity contribution in [1.29, 1.82) is 5.26 Å². The first-order valence-corrected chi connectivity index (χ1v) is 11.1. The predicted molar refractivity (Wildman–Crippen MR) is 123 cm³/mol. The van der Waals surface area contributed by atoms with Crippen LogP contribution in [0, 0.1) is 11.3 Å². The van der Waals surface area contributed by atoms with Crippen molar-refractivity contribution in [2.45, 2.75) is 24.7 Å². The van der Waals surface area contributed by atoms with E-state index in [4.69, 9.17) is 25.8 Å². The fraction of sp³-hybridized carbons (Fsp3) is 0.240. The molecule has 2 aromatic heterocycles. The summed E-state index contributed by atoms with van der Waals surface area (Å²) in [6.07, 6.45) is 0.736. The number of imidazole rings is 1. The summed E-state index contributed by atoms with van der Waals surface area (Å²) >= 11 is 6.56. The van der Waals surface area contributed by atoms with Crippen molar-refractivity contribution in [3.63, 3.8) is 0 Å². The van der Waals surface area contributed by atoms with E-state index in [0.717, 1.165) is 23.1 Å². The minimum Gasteiger partial charge on any atom is -0.456 e. The molecule has 4 heterocycles. The van der Waals surface area contributed by atoms with Crippen LogP contribution in [-0.4, -0.2) is 46.5 Å². The average molecular weight is 459 g/mol. The highest BCUT2D eigenvalue weighted by atomic mass is 35.5. The zero-order chi connectivity index (χ0) is 22.4. The minimum atomic E-state index is -0.197. The first-order chi connectivity index (χ1) is 16.2. The van der Waals surface area contributed by atoms with E-state index in [2.05, 4.69) is 21.0 Å². The zero-order valence-electron chi connectivity index (χ0n) is 17.5. The number of fused-ring (bicyclic) bond motifs is 2. The van der Waals surface area contributed by atoms with E-state index in [-0.39, 0.29) is 18.3 Å². The molecule has 2 fully saturated rings. The number of aromatic amines is 1. The standard InChI is InChI=1S/C25H19ClN4O3/c26-18-11-19-24(30-25(28-19)33-21-13-32-20-9-10-31-23(20)21)29-22(18)15-7-5-14(6-8-15)17-4-2-1-3-16(17)12-27/h1-8,11,20-21,23H,9-10,13H2,(H,28,29,30). The topological polar surface area (TPSA) is 93.1 Å². The lowest BCUT2D eigenvalue weighted by Gasteiger charge is -2.15. The van der Waals surface area contributed by atoms with Gasteiger partial charge in [-0.05, 0) is 29.7 Å². The lowest BCUT2D eigenvalue weighted by atomic mass is 9.98. The highest BCUT2D eigenvalue weighted by Gasteiger charge is 2.43. The number of nitrogens with zero attached hydrogens (tertiary/aromatic N) is 3. The van der Waals surface area contributed by atoms with E-state index in [0.29, 0.717) is 46.7 Å². The lowest BCUT2D eigenvalue weighted by Crippen LogP contribution is -2.32. The van der Waals surface area contributed by atoms with Gasteiger partial charge in [0.05, 0.1) is 40.6 Å². The molecule has 3 atom stereocenters. The molecule has 8 heteroatoms. The number of benzene rings is 2. The van der Waals surface area contributed by atoms with Crippen LogP contribution in [0.5, 0.6) is 6.01 Å². The molecule has 2 aliphatic heterocycles. The Bertz CT molecular complexity index is 1380. The number of ether oxygens (including phenoxy) is 3. The van der Waals surface area contributed by atoms with Crippen molar-refractivity contribution in [1.82, 2.24) is 15.0 Å². The van der Waals surface area contributed by atoms with Gasteiger partial charge in [-0.25, -0.2) is 4.98 Å². The van der Waals surface area contributed by atoms with Gasteiger partial charge in [-0.2, -0.15) is 10.2 Å². The molecular formula is C25H19ClN4O3. The Morgan fingerprint density at radius 2 is 1.88 bits per heavy atom. The van der Waals surface area contributed by atoms with Gasteiger partial charge in [0.25, 0.3) is 6.01 Å². The fourth-order valence-corrected chi connectivity index (χ4v) is 4.73. The number of pyridine rings is 1. The van der Waals surface area contributed by atoms with Gasteiger partial charge in [-0.1, -0.05) is 54.1 Å². The van der Waals surface area contributed by atoms with Crippen molar-refractivity contribution < 1.29 is 14.2 Å². The van der Waals surface area contributed by atoms with Crippen LogP contribution in [0.2, 0.25) is 5.02 Å². The SMILES string of the molecule is N#Cc1ccccc1-c1ccc(-c2nc3nc(OC4COC5CCOC54)[nH]c3cc2Cl)cc1. The van der Waals surface area contributed by atoms with Crippen LogP contribution >= 0.6 is 11.6 Å². The third-order valence-corrected chi connectivity index (χ3v) is 6.39. The summed E-state index contributed by atoms with van der Waals surface area (Å²) in [4.78, 5) is 12.3. The van der Waals surface area contributed by atoms with E-state index in [1.54, 1.807) is 6.07 Å². The maximum atomic E-state index is 9.37. The zero-order valence-corrected chi connectivity index (χ0v) is 18.2. The van der Waals surface area contributed by atoms with Crippen molar-refractivity contribution >= 4 is 22.8 Å². The Morgan fingerprint density at radius 1 is 1.06 bits per heavy atom. The second kappa shape index (κ2) is 8.16. The Hall–Kier alpha value is -3.44. The van der Waals surface area contributed by atoms with Crippen molar-refractivity contribution in [2.24, 2.45) is 0 Å². The first kappa shape index (κ1) is 20.2. The number of H-pyrrole nitrogens is 1. The average Bonchev–Trinajstić information content (AvgIpc) is 3.56. The largest absolute Gasteiger partial charge is 0.456 e. The molecule has 1 N–H and O–H groups in total. The lowest BCUT2D eigenvalue weighted by molar-refractivity contribution is 0.0273. The van der Waals surface area contributed by atoms with Gasteiger partial charge in [-0.3, -0.25) is 0 Å². The summed E-state index contributed by atoms with van der Waals surface area (Å²) in [6.45, 7) is 1.17. The highest BCUT2D eigenvalue weighted by Crippen LogP contribution is 2.33. The summed E-state index contributed by atoms with van der Waals surface area (Å²) < 4.78 is 17.5. The molecule has 0 aliphatic carbocycles. The molecule has 0 bridgehead atoms. The van der Waals surface area contributed by atoms with Crippen molar-refractivity contribution in [3.8, 4) is 34.5 Å². The van der Waals surface area contributed by atoms with Crippen LogP contribution < -0.4 is 4.74 Å². The molecule has 0 spiro atoms. The summed E-state index contributed by atoms with van der Waals surface area (Å²) in [5.74, 6) is 0. The Morgan fingerprint density at radius 3 is 2.73 bits per heavy atom. The highest BCUT2D eigenvalue weighted by molar-refractivity contribution is 6.33. The second-order valence-corrected chi connectivity index (χ2v) is 8.53. The molecule has 2 saturated heterocycles. The molecule has 164 valence electrons. The number of halogens is 1. The number of aromatic nitrogens is 3. The third-order valence-electron chi connectivity index (χ3n) is 6.10. The van der Waals surface area contributed by atoms with Gasteiger partial charge in [0.2, 0.25) is 0 Å². The number of hydrogen-bond donors (Lipinski definition) is 1. The normalized spacial score (nSPS) is 21.8. The molecule has 33 heavy (non-hydrogen) atoms. The quantitative estimate of drug-likeness (QED) is 0.474. The summed E-state index contributed by atoms with van der Waals surface area (Å²) in [7, 11) is 0. The molecule has 3 unspecified atom stereocenters. The summed E-state index contributed by atoms with van der Waals surface area (Å²) in [6, 6.07) is 19.8. The minimum absolute atomic E-state index is 0.0602. The van der Waals surface area contributed by atoms with Gasteiger partial charge in [-0.15, -0.1) is 0 Å². The summed E-state index contributed by atoms with van der Waals surface area (Å²) in [5.41, 5.74) is 5.18. The summed E-state index contributed by atoms with van der Waals surface area (Å²) in [5, 5.41) is 9.88. The van der Waals surface area contributed by atoms with Crippen LogP contribution in [0.1, 0.15) is 12.0 Å². The predicted octanol–water partition coefficient (Wildman–Crippen LogP) is 4.75.